The van der Waals surface area contributed by atoms with Gasteiger partial charge in [0.05, 0.1) is 18.2 Å². The normalized spacial score (nSPS) is 24.5. The van der Waals surface area contributed by atoms with Gasteiger partial charge >= 0.3 is 11.9 Å². The highest BCUT2D eigenvalue weighted by molar-refractivity contribution is 6.24. The molecule has 228 valence electrons. The number of ketones is 1. The Bertz CT molecular complexity index is 1960. The van der Waals surface area contributed by atoms with Gasteiger partial charge < -0.3 is 30.1 Å². The smallest absolute Gasteiger partial charge is 0.321 e. The fourth-order valence-corrected chi connectivity index (χ4v) is 7.07. The first-order valence-corrected chi connectivity index (χ1v) is 14.9. The van der Waals surface area contributed by atoms with Crippen molar-refractivity contribution in [1.82, 2.24) is 20.3 Å². The van der Waals surface area contributed by atoms with Gasteiger partial charge in [0.25, 0.3) is 0 Å². The highest BCUT2D eigenvalue weighted by atomic mass is 16.5. The van der Waals surface area contributed by atoms with Gasteiger partial charge in [-0.2, -0.15) is 0 Å². The molecular formula is C34H36N4O6. The van der Waals surface area contributed by atoms with E-state index in [-0.39, 0.29) is 24.0 Å². The molecule has 6 rings (SSSR count). The molecule has 5 heterocycles. The first kappa shape index (κ1) is 29.2. The molecule has 1 saturated heterocycles. The first-order chi connectivity index (χ1) is 21.0. The predicted octanol–water partition coefficient (Wildman–Crippen LogP) is 3.40. The Labute approximate surface area is 254 Å². The van der Waals surface area contributed by atoms with Crippen molar-refractivity contribution in [1.29, 1.82) is 0 Å². The number of hydrogen-bond donors (Lipinski definition) is 5. The molecule has 2 aliphatic heterocycles. The van der Waals surface area contributed by atoms with Crippen molar-refractivity contribution in [3.63, 3.8) is 0 Å². The van der Waals surface area contributed by atoms with E-state index in [1.54, 1.807) is 0 Å². The zero-order valence-electron chi connectivity index (χ0n) is 25.7. The molecule has 3 aromatic heterocycles. The van der Waals surface area contributed by atoms with Crippen molar-refractivity contribution < 1.29 is 29.0 Å². The maximum atomic E-state index is 14.0. The Morgan fingerprint density at radius 2 is 1.64 bits per heavy atom. The van der Waals surface area contributed by atoms with Crippen LogP contribution < -0.4 is 16.0 Å². The van der Waals surface area contributed by atoms with Gasteiger partial charge in [-0.05, 0) is 74.1 Å². The van der Waals surface area contributed by atoms with Gasteiger partial charge in [0.2, 0.25) is 0 Å². The van der Waals surface area contributed by atoms with E-state index in [4.69, 9.17) is 4.74 Å². The minimum atomic E-state index is -1.19. The van der Waals surface area contributed by atoms with Crippen molar-refractivity contribution >= 4 is 47.8 Å². The zero-order valence-corrected chi connectivity index (χ0v) is 25.7. The van der Waals surface area contributed by atoms with Crippen LogP contribution >= 0.6 is 0 Å². The van der Waals surface area contributed by atoms with Gasteiger partial charge in [-0.1, -0.05) is 13.8 Å². The maximum Gasteiger partial charge on any atom is 0.321 e. The Morgan fingerprint density at radius 1 is 0.977 bits per heavy atom. The quantitative estimate of drug-likeness (QED) is 0.166. The lowest BCUT2D eigenvalue weighted by Crippen LogP contribution is -2.25. The zero-order chi connectivity index (χ0) is 31.6. The maximum absolute atomic E-state index is 14.0. The molecule has 10 heteroatoms. The number of ether oxygens (including phenoxy) is 1. The number of hydrogen-bond acceptors (Lipinski definition) is 6. The number of nitrogens with one attached hydrogen (secondary N) is 4. The summed E-state index contributed by atoms with van der Waals surface area (Å²) < 4.78 is 5.13. The largest absolute Gasteiger partial charge is 0.481 e. The van der Waals surface area contributed by atoms with Crippen LogP contribution in [0.3, 0.4) is 0 Å². The van der Waals surface area contributed by atoms with E-state index in [2.05, 4.69) is 20.3 Å². The van der Waals surface area contributed by atoms with Gasteiger partial charge in [0.15, 0.2) is 12.1 Å². The van der Waals surface area contributed by atoms with Gasteiger partial charge in [-0.15, -0.1) is 0 Å². The van der Waals surface area contributed by atoms with Crippen LogP contribution in [0.1, 0.15) is 92.4 Å². The number of rotatable bonds is 6. The Hall–Kier alpha value is -4.86. The third-order valence-corrected chi connectivity index (χ3v) is 9.69. The Kier molecular flexibility index (Phi) is 7.10. The first-order valence-electron chi connectivity index (χ1n) is 14.9. The van der Waals surface area contributed by atoms with Gasteiger partial charge in [-0.3, -0.25) is 19.2 Å². The van der Waals surface area contributed by atoms with Crippen molar-refractivity contribution in [2.24, 2.45) is 17.8 Å². The van der Waals surface area contributed by atoms with Crippen molar-refractivity contribution in [2.45, 2.75) is 53.9 Å². The Balaban J connectivity index is 1.74. The van der Waals surface area contributed by atoms with Gasteiger partial charge in [-0.25, -0.2) is 0 Å². The third kappa shape index (κ3) is 4.31. The van der Waals surface area contributed by atoms with Crippen molar-refractivity contribution in [2.75, 3.05) is 7.11 Å². The number of H-pyrrole nitrogens is 3. The average molecular weight is 597 g/mol. The summed E-state index contributed by atoms with van der Waals surface area (Å²) in [5.41, 5.74) is 9.50. The molecule has 1 aliphatic carbocycles. The molecule has 0 spiro atoms. The molecule has 0 aromatic carbocycles. The van der Waals surface area contributed by atoms with E-state index < -0.39 is 17.9 Å². The molecule has 3 aliphatic rings. The van der Waals surface area contributed by atoms with Crippen LogP contribution in [0.2, 0.25) is 0 Å². The van der Waals surface area contributed by atoms with E-state index in [0.29, 0.717) is 57.5 Å². The molecule has 0 radical (unpaired) electrons. The minimum Gasteiger partial charge on any atom is -0.481 e. The monoisotopic (exact) mass is 596 g/mol. The molecule has 5 N–H and O–H groups in total. The molecule has 0 amide bonds. The molecule has 10 nitrogen and oxygen atoms in total. The predicted molar refractivity (Wildman–Crippen MR) is 165 cm³/mol. The lowest BCUT2D eigenvalue weighted by atomic mass is 9.85. The van der Waals surface area contributed by atoms with Crippen LogP contribution in [-0.2, 0) is 20.7 Å². The number of aldehydes is 1. The number of carboxylic acid groups (broad SMARTS) is 1. The number of carbonyl (C=O) groups is 4. The van der Waals surface area contributed by atoms with Crippen LogP contribution in [0.25, 0.3) is 23.8 Å². The van der Waals surface area contributed by atoms with Crippen molar-refractivity contribution in [3.05, 3.63) is 78.2 Å². The second kappa shape index (κ2) is 10.7. The van der Waals surface area contributed by atoms with Crippen LogP contribution in [0, 0.1) is 38.5 Å². The molecular weight excluding hydrogens is 560 g/mol. The number of esters is 1. The van der Waals surface area contributed by atoms with E-state index in [0.717, 1.165) is 45.4 Å². The van der Waals surface area contributed by atoms with Crippen molar-refractivity contribution in [3.8, 4) is 0 Å². The number of carbonyl (C=O) groups excluding carboxylic acids is 3. The number of allylic oxidation sites excluding steroid dienone is 2. The Morgan fingerprint density at radius 3 is 2.27 bits per heavy atom. The molecule has 3 atom stereocenters. The molecule has 1 fully saturated rings. The summed E-state index contributed by atoms with van der Waals surface area (Å²) in [6.07, 6.45) is 7.60. The van der Waals surface area contributed by atoms with Gasteiger partial charge in [0, 0.05) is 68.8 Å². The summed E-state index contributed by atoms with van der Waals surface area (Å²) in [6.45, 7) is 9.90. The second-order valence-corrected chi connectivity index (χ2v) is 11.9. The topological polar surface area (TPSA) is 157 Å². The molecule has 44 heavy (non-hydrogen) atoms. The van der Waals surface area contributed by atoms with Crippen LogP contribution in [0.4, 0.5) is 0 Å². The van der Waals surface area contributed by atoms with E-state index in [1.165, 1.54) is 7.11 Å². The molecule has 8 bridgehead atoms. The lowest BCUT2D eigenvalue weighted by Gasteiger charge is -2.19. The average Bonchev–Trinajstić information content (AvgIpc) is 3.73. The fraction of sp³-hybridized carbons (Fsp3) is 0.353. The summed E-state index contributed by atoms with van der Waals surface area (Å²) >= 11 is 0. The fourth-order valence-electron chi connectivity index (χ4n) is 7.07. The second-order valence-electron chi connectivity index (χ2n) is 11.9. The lowest BCUT2D eigenvalue weighted by molar-refractivity contribution is -0.142. The molecule has 3 aromatic rings. The standard InChI is InChI=1S/C34H36N4O6/c1-7-18-20(13-39)26-11-22-15(3)14(2)21(35-22)10-23-16(4)19(8-9-27(40)41)31(37-23)29-30(34(43)44-6)33(42)28-17(5)24(38-32(28)29)12-25(18)36-26/h10-13,16,19,30,35-38H,7-9H2,1-6H3,(H,40,41)/b23-10-,25-12-,26-11-,31-29-/t16-,19-,30+/m0/s1. The number of aromatic nitrogens is 3. The number of carboxylic acids is 1. The summed E-state index contributed by atoms with van der Waals surface area (Å²) in [4.78, 5) is 61.6. The number of aliphatic carboxylic acids is 1. The minimum absolute atomic E-state index is 0.0687. The summed E-state index contributed by atoms with van der Waals surface area (Å²) in [5.74, 6) is -3.56. The SMILES string of the molecule is CCc1c(C=O)/c2[nH]/c1=C\c1[nH]c3c(c1C)C(=O)[C@H](C(=O)OC)/C3=C1/N/C(=C\c3[nH]c(c(C)c3C)\C=2)[C@@H](C)[C@@H]1CCC(=O)O. The van der Waals surface area contributed by atoms with Crippen LogP contribution in [0.15, 0.2) is 11.4 Å². The number of Topliss-reactive ketones (excluding diaryl/α,β-unsaturated/α-hetero) is 1. The highest BCUT2D eigenvalue weighted by Gasteiger charge is 2.48. The van der Waals surface area contributed by atoms with E-state index in [1.807, 2.05) is 52.8 Å². The number of aromatic amines is 3. The number of fused-ring (bicyclic) bond motifs is 7. The number of methoxy groups -OCH3 is 1. The van der Waals surface area contributed by atoms with Crippen LogP contribution in [-0.4, -0.2) is 51.2 Å². The summed E-state index contributed by atoms with van der Waals surface area (Å²) in [7, 11) is 1.26. The molecule has 0 unspecified atom stereocenters. The summed E-state index contributed by atoms with van der Waals surface area (Å²) in [6, 6.07) is 0. The van der Waals surface area contributed by atoms with Gasteiger partial charge in [0.1, 0.15) is 5.92 Å². The third-order valence-electron chi connectivity index (χ3n) is 9.69. The van der Waals surface area contributed by atoms with E-state index in [9.17, 15) is 24.3 Å². The highest BCUT2D eigenvalue weighted by Crippen LogP contribution is 2.48. The molecule has 0 saturated carbocycles. The van der Waals surface area contributed by atoms with E-state index >= 15 is 0 Å². The summed E-state index contributed by atoms with van der Waals surface area (Å²) in [5, 5.41) is 14.6. The van der Waals surface area contributed by atoms with Crippen LogP contribution in [0.5, 0.6) is 0 Å².